The van der Waals surface area contributed by atoms with Gasteiger partial charge < -0.3 is 4.79 Å². The average Bonchev–Trinajstić information content (AvgIpc) is 2.14. The van der Waals surface area contributed by atoms with E-state index < -0.39 is 0 Å². The summed E-state index contributed by atoms with van der Waals surface area (Å²) in [7, 11) is 0. The smallest absolute Gasteiger partial charge is 0.120 e. The highest BCUT2D eigenvalue weighted by Crippen LogP contribution is 2.14. The third-order valence-electron chi connectivity index (χ3n) is 2.53. The highest BCUT2D eigenvalue weighted by molar-refractivity contribution is 5.49. The van der Waals surface area contributed by atoms with Gasteiger partial charge in [-0.05, 0) is 47.0 Å². The van der Waals surface area contributed by atoms with E-state index in [0.717, 1.165) is 25.5 Å². The Labute approximate surface area is 87.9 Å². The summed E-state index contributed by atoms with van der Waals surface area (Å²) in [5.74, 6) is 0. The van der Waals surface area contributed by atoms with Gasteiger partial charge in [-0.25, -0.2) is 0 Å². The summed E-state index contributed by atoms with van der Waals surface area (Å²) in [6.45, 7) is 8.64. The second kappa shape index (κ2) is 7.54. The molecule has 0 aliphatic rings. The van der Waals surface area contributed by atoms with Gasteiger partial charge in [0.1, 0.15) is 6.29 Å². The Morgan fingerprint density at radius 3 is 2.14 bits per heavy atom. The van der Waals surface area contributed by atoms with Crippen LogP contribution < -0.4 is 0 Å². The van der Waals surface area contributed by atoms with Crippen LogP contribution in [0, 0.1) is 0 Å². The first-order valence-corrected chi connectivity index (χ1v) is 5.30. The lowest BCUT2D eigenvalue weighted by atomic mass is 10.0. The Morgan fingerprint density at radius 1 is 1.00 bits per heavy atom. The Hall–Kier alpha value is -0.850. The van der Waals surface area contributed by atoms with Crippen LogP contribution in [-0.2, 0) is 4.79 Å². The number of hydrogen-bond acceptors (Lipinski definition) is 1. The summed E-state index contributed by atoms with van der Waals surface area (Å²) >= 11 is 0. The first kappa shape index (κ1) is 13.2. The van der Waals surface area contributed by atoms with E-state index in [4.69, 9.17) is 0 Å². The van der Waals surface area contributed by atoms with Crippen molar-refractivity contribution in [2.24, 2.45) is 0 Å². The molecular weight excluding hydrogens is 172 g/mol. The summed E-state index contributed by atoms with van der Waals surface area (Å²) in [5.41, 5.74) is 4.30. The molecule has 0 saturated heterocycles. The Bertz CT molecular complexity index is 230. The molecule has 0 radical (unpaired) electrons. The zero-order valence-corrected chi connectivity index (χ0v) is 9.89. The number of allylic oxidation sites excluding steroid dienone is 4. The van der Waals surface area contributed by atoms with Gasteiger partial charge in [-0.2, -0.15) is 0 Å². The average molecular weight is 194 g/mol. The molecule has 1 heteroatoms. The Morgan fingerprint density at radius 2 is 1.64 bits per heavy atom. The molecule has 0 atom stereocenters. The van der Waals surface area contributed by atoms with Gasteiger partial charge >= 0.3 is 0 Å². The molecule has 0 spiro atoms. The largest absolute Gasteiger partial charge is 0.303 e. The van der Waals surface area contributed by atoms with Gasteiger partial charge in [-0.1, -0.05) is 22.8 Å². The van der Waals surface area contributed by atoms with Crippen LogP contribution in [0.4, 0.5) is 0 Å². The van der Waals surface area contributed by atoms with E-state index >= 15 is 0 Å². The first-order valence-electron chi connectivity index (χ1n) is 5.30. The molecule has 14 heavy (non-hydrogen) atoms. The van der Waals surface area contributed by atoms with Gasteiger partial charge in [-0.3, -0.25) is 0 Å². The summed E-state index contributed by atoms with van der Waals surface area (Å²) < 4.78 is 0. The molecule has 0 rings (SSSR count). The second-order valence-corrected chi connectivity index (χ2v) is 4.07. The maximum absolute atomic E-state index is 10.1. The van der Waals surface area contributed by atoms with Crippen LogP contribution >= 0.6 is 0 Å². The van der Waals surface area contributed by atoms with E-state index in [1.807, 2.05) is 0 Å². The number of hydrogen-bond donors (Lipinski definition) is 0. The molecule has 0 saturated carbocycles. The molecule has 0 amide bonds. The van der Waals surface area contributed by atoms with E-state index in [1.54, 1.807) is 0 Å². The maximum atomic E-state index is 10.1. The minimum atomic E-state index is 0.652. The van der Waals surface area contributed by atoms with Crippen molar-refractivity contribution in [3.8, 4) is 0 Å². The molecule has 0 fully saturated rings. The van der Waals surface area contributed by atoms with Gasteiger partial charge in [0.25, 0.3) is 0 Å². The van der Waals surface area contributed by atoms with Gasteiger partial charge in [0.2, 0.25) is 0 Å². The van der Waals surface area contributed by atoms with Gasteiger partial charge in [0.05, 0.1) is 0 Å². The van der Waals surface area contributed by atoms with E-state index in [9.17, 15) is 4.79 Å². The molecule has 0 N–H and O–H groups in total. The van der Waals surface area contributed by atoms with Crippen molar-refractivity contribution >= 4 is 6.29 Å². The summed E-state index contributed by atoms with van der Waals surface area (Å²) in [6, 6.07) is 0. The molecule has 0 unspecified atom stereocenters. The fourth-order valence-corrected chi connectivity index (χ4v) is 1.13. The van der Waals surface area contributed by atoms with Crippen molar-refractivity contribution in [1.82, 2.24) is 0 Å². The predicted octanol–water partition coefficient (Wildman–Crippen LogP) is 4.05. The molecule has 0 bridgehead atoms. The van der Waals surface area contributed by atoms with E-state index in [1.165, 1.54) is 16.7 Å². The Balaban J connectivity index is 3.84. The van der Waals surface area contributed by atoms with Gasteiger partial charge in [0, 0.05) is 6.42 Å². The fraction of sp³-hybridized carbons (Fsp3) is 0.615. The molecule has 1 nitrogen and oxygen atoms in total. The molecule has 80 valence electrons. The monoisotopic (exact) mass is 194 g/mol. The maximum Gasteiger partial charge on any atom is 0.120 e. The predicted molar refractivity (Wildman–Crippen MR) is 62.3 cm³/mol. The molecule has 0 aliphatic carbocycles. The topological polar surface area (TPSA) is 17.1 Å². The van der Waals surface area contributed by atoms with Crippen LogP contribution in [0.15, 0.2) is 22.8 Å². The number of rotatable bonds is 6. The van der Waals surface area contributed by atoms with Crippen molar-refractivity contribution in [3.63, 3.8) is 0 Å². The summed E-state index contributed by atoms with van der Waals surface area (Å²) in [4.78, 5) is 10.1. The van der Waals surface area contributed by atoms with E-state index in [0.29, 0.717) is 6.42 Å². The van der Waals surface area contributed by atoms with E-state index in [2.05, 4.69) is 33.8 Å². The van der Waals surface area contributed by atoms with Gasteiger partial charge in [0.15, 0.2) is 0 Å². The number of carbonyl (C=O) groups excluding carboxylic acids is 1. The second-order valence-electron chi connectivity index (χ2n) is 4.07. The molecule has 0 aromatic carbocycles. The van der Waals surface area contributed by atoms with Crippen LogP contribution in [0.5, 0.6) is 0 Å². The van der Waals surface area contributed by atoms with E-state index in [-0.39, 0.29) is 0 Å². The Kier molecular flexibility index (Phi) is 7.09. The normalized spacial score (nSPS) is 11.3. The highest BCUT2D eigenvalue weighted by atomic mass is 16.1. The van der Waals surface area contributed by atoms with Crippen molar-refractivity contribution in [2.45, 2.75) is 53.4 Å². The molecule has 0 aliphatic heterocycles. The van der Waals surface area contributed by atoms with Crippen LogP contribution in [-0.4, -0.2) is 6.29 Å². The lowest BCUT2D eigenvalue weighted by Gasteiger charge is -2.04. The fourth-order valence-electron chi connectivity index (χ4n) is 1.13. The van der Waals surface area contributed by atoms with Gasteiger partial charge in [-0.15, -0.1) is 0 Å². The van der Waals surface area contributed by atoms with Crippen LogP contribution in [0.25, 0.3) is 0 Å². The third kappa shape index (κ3) is 6.64. The summed E-state index contributed by atoms with van der Waals surface area (Å²) in [5, 5.41) is 0. The van der Waals surface area contributed by atoms with Crippen molar-refractivity contribution < 1.29 is 4.79 Å². The van der Waals surface area contributed by atoms with Crippen molar-refractivity contribution in [2.75, 3.05) is 0 Å². The van der Waals surface area contributed by atoms with Crippen LogP contribution in [0.1, 0.15) is 53.4 Å². The molecular formula is C13H22O. The minimum absolute atomic E-state index is 0.652. The standard InChI is InChI=1S/C13H22O/c1-11(2)13(4)9-8-12(3)7-5-6-10-14/h7,10H,5-6,8-9H2,1-4H3/b12-7+. The lowest BCUT2D eigenvalue weighted by Crippen LogP contribution is -1.84. The first-order chi connectivity index (χ1) is 6.57. The van der Waals surface area contributed by atoms with Crippen LogP contribution in [0.2, 0.25) is 0 Å². The number of aldehydes is 1. The zero-order chi connectivity index (χ0) is 11.0. The molecule has 0 heterocycles. The third-order valence-corrected chi connectivity index (χ3v) is 2.53. The number of carbonyl (C=O) groups is 1. The van der Waals surface area contributed by atoms with Crippen molar-refractivity contribution in [1.29, 1.82) is 0 Å². The highest BCUT2D eigenvalue weighted by Gasteiger charge is 1.94. The van der Waals surface area contributed by atoms with Crippen LogP contribution in [0.3, 0.4) is 0 Å². The quantitative estimate of drug-likeness (QED) is 0.354. The zero-order valence-electron chi connectivity index (χ0n) is 9.89. The van der Waals surface area contributed by atoms with Crippen molar-refractivity contribution in [3.05, 3.63) is 22.8 Å². The minimum Gasteiger partial charge on any atom is -0.303 e. The SMILES string of the molecule is CC(C)=C(C)CC/C(C)=C/CCC=O. The molecule has 0 aromatic heterocycles. The summed E-state index contributed by atoms with van der Waals surface area (Å²) in [6.07, 6.45) is 6.96. The number of unbranched alkanes of at least 4 members (excludes halogenated alkanes) is 1. The molecule has 0 aromatic rings. The lowest BCUT2D eigenvalue weighted by molar-refractivity contribution is -0.107.